The average molecular weight is 404 g/mol. The summed E-state index contributed by atoms with van der Waals surface area (Å²) in [6.45, 7) is 5.72. The molecule has 1 aliphatic rings. The van der Waals surface area contributed by atoms with E-state index in [4.69, 9.17) is 11.6 Å². The highest BCUT2D eigenvalue weighted by Gasteiger charge is 2.45. The van der Waals surface area contributed by atoms with Crippen LogP contribution in [0.3, 0.4) is 0 Å². The van der Waals surface area contributed by atoms with Crippen LogP contribution in [0.15, 0.2) is 36.4 Å². The maximum absolute atomic E-state index is 14.6. The van der Waals surface area contributed by atoms with Crippen molar-refractivity contribution in [3.63, 3.8) is 0 Å². The molecule has 3 amide bonds. The largest absolute Gasteiger partial charge is 0.338 e. The first-order valence-corrected chi connectivity index (χ1v) is 9.35. The Morgan fingerprint density at radius 2 is 1.93 bits per heavy atom. The monoisotopic (exact) mass is 403 g/mol. The zero-order valence-corrected chi connectivity index (χ0v) is 17.0. The molecule has 148 valence electrons. The standard InChI is InChI=1S/C21H23ClFN3O2/c1-12-9-13(22)5-8-17(12)25-20(28)24-14-6-7-16(23)15(10-14)19-21(2,3)11-18(27)26(19)4/h5-10,19H,11H2,1-4H3,(H2,24,25,28)/t19-/m1/s1. The lowest BCUT2D eigenvalue weighted by Crippen LogP contribution is -2.28. The summed E-state index contributed by atoms with van der Waals surface area (Å²) < 4.78 is 14.6. The molecular weight excluding hydrogens is 381 g/mol. The molecule has 28 heavy (non-hydrogen) atoms. The molecule has 0 aromatic heterocycles. The van der Waals surface area contributed by atoms with Gasteiger partial charge >= 0.3 is 6.03 Å². The van der Waals surface area contributed by atoms with Crippen molar-refractivity contribution in [2.45, 2.75) is 33.2 Å². The van der Waals surface area contributed by atoms with Gasteiger partial charge in [-0.3, -0.25) is 4.79 Å². The normalized spacial score (nSPS) is 18.3. The summed E-state index contributed by atoms with van der Waals surface area (Å²) in [5.74, 6) is -0.428. The maximum Gasteiger partial charge on any atom is 0.323 e. The van der Waals surface area contributed by atoms with Crippen LogP contribution in [-0.2, 0) is 4.79 Å². The predicted molar refractivity (Wildman–Crippen MR) is 109 cm³/mol. The van der Waals surface area contributed by atoms with Crippen molar-refractivity contribution in [2.75, 3.05) is 17.7 Å². The van der Waals surface area contributed by atoms with E-state index in [2.05, 4.69) is 10.6 Å². The Morgan fingerprint density at radius 1 is 1.21 bits per heavy atom. The van der Waals surface area contributed by atoms with Crippen molar-refractivity contribution in [3.8, 4) is 0 Å². The van der Waals surface area contributed by atoms with Crippen molar-refractivity contribution >= 4 is 34.9 Å². The number of nitrogens with one attached hydrogen (secondary N) is 2. The molecule has 1 saturated heterocycles. The molecule has 2 N–H and O–H groups in total. The fraction of sp³-hybridized carbons (Fsp3) is 0.333. The van der Waals surface area contributed by atoms with Gasteiger partial charge in [0.25, 0.3) is 0 Å². The minimum Gasteiger partial charge on any atom is -0.338 e. The number of hydrogen-bond donors (Lipinski definition) is 2. The molecule has 0 spiro atoms. The summed E-state index contributed by atoms with van der Waals surface area (Å²) >= 11 is 5.93. The second kappa shape index (κ2) is 7.43. The first-order chi connectivity index (χ1) is 13.1. The second-order valence-electron chi connectivity index (χ2n) is 7.85. The van der Waals surface area contributed by atoms with E-state index in [1.54, 1.807) is 36.2 Å². The SMILES string of the molecule is Cc1cc(Cl)ccc1NC(=O)Nc1ccc(F)c([C@H]2N(C)C(=O)CC2(C)C)c1. The molecule has 0 saturated carbocycles. The quantitative estimate of drug-likeness (QED) is 0.724. The van der Waals surface area contributed by atoms with Crippen molar-refractivity contribution in [2.24, 2.45) is 5.41 Å². The first kappa shape index (κ1) is 20.1. The van der Waals surface area contributed by atoms with Crippen molar-refractivity contribution < 1.29 is 14.0 Å². The molecule has 3 rings (SSSR count). The summed E-state index contributed by atoms with van der Waals surface area (Å²) in [5.41, 5.74) is 1.89. The summed E-state index contributed by atoms with van der Waals surface area (Å²) in [5, 5.41) is 6.07. The number of halogens is 2. The summed E-state index contributed by atoms with van der Waals surface area (Å²) in [4.78, 5) is 26.1. The Bertz CT molecular complexity index is 945. The number of carbonyl (C=O) groups is 2. The van der Waals surface area contributed by atoms with Gasteiger partial charge in [-0.15, -0.1) is 0 Å². The molecule has 2 aromatic carbocycles. The van der Waals surface area contributed by atoms with Crippen LogP contribution < -0.4 is 10.6 Å². The van der Waals surface area contributed by atoms with E-state index in [-0.39, 0.29) is 5.91 Å². The molecular formula is C21H23ClFN3O2. The van der Waals surface area contributed by atoms with Crippen molar-refractivity contribution in [3.05, 3.63) is 58.4 Å². The molecule has 0 unspecified atom stereocenters. The van der Waals surface area contributed by atoms with Gasteiger partial charge in [0.2, 0.25) is 5.91 Å². The lowest BCUT2D eigenvalue weighted by molar-refractivity contribution is -0.127. The smallest absolute Gasteiger partial charge is 0.323 e. The van der Waals surface area contributed by atoms with Gasteiger partial charge in [-0.2, -0.15) is 0 Å². The van der Waals surface area contributed by atoms with Gasteiger partial charge in [0.15, 0.2) is 0 Å². The number of anilines is 2. The molecule has 0 radical (unpaired) electrons. The van der Waals surface area contributed by atoms with Gasteiger partial charge in [-0.25, -0.2) is 9.18 Å². The number of urea groups is 1. The van der Waals surface area contributed by atoms with Crippen LogP contribution in [0.2, 0.25) is 5.02 Å². The Balaban J connectivity index is 1.81. The third-order valence-electron chi connectivity index (χ3n) is 5.11. The maximum atomic E-state index is 14.6. The number of benzene rings is 2. The number of nitrogens with zero attached hydrogens (tertiary/aromatic N) is 1. The Labute approximate surface area is 168 Å². The highest BCUT2D eigenvalue weighted by Crippen LogP contribution is 2.47. The summed E-state index contributed by atoms with van der Waals surface area (Å²) in [6.07, 6.45) is 0.349. The van der Waals surface area contributed by atoms with E-state index in [0.29, 0.717) is 28.4 Å². The zero-order valence-electron chi connectivity index (χ0n) is 16.3. The molecule has 2 aromatic rings. The van der Waals surface area contributed by atoms with E-state index in [1.807, 2.05) is 20.8 Å². The third kappa shape index (κ3) is 3.97. The fourth-order valence-corrected chi connectivity index (χ4v) is 4.02. The van der Waals surface area contributed by atoms with Gasteiger partial charge in [0.1, 0.15) is 5.82 Å². The van der Waals surface area contributed by atoms with E-state index in [0.717, 1.165) is 5.56 Å². The molecule has 1 heterocycles. The lowest BCUT2D eigenvalue weighted by atomic mass is 9.80. The molecule has 5 nitrogen and oxygen atoms in total. The van der Waals surface area contributed by atoms with Gasteiger partial charge in [-0.05, 0) is 54.3 Å². The molecule has 0 bridgehead atoms. The number of aryl methyl sites for hydroxylation is 1. The van der Waals surface area contributed by atoms with Crippen LogP contribution in [0, 0.1) is 18.2 Å². The first-order valence-electron chi connectivity index (χ1n) is 8.98. The van der Waals surface area contributed by atoms with Crippen LogP contribution in [0.25, 0.3) is 0 Å². The van der Waals surface area contributed by atoms with Crippen LogP contribution in [-0.4, -0.2) is 23.9 Å². The number of rotatable bonds is 3. The van der Waals surface area contributed by atoms with Gasteiger partial charge < -0.3 is 15.5 Å². The highest BCUT2D eigenvalue weighted by atomic mass is 35.5. The minimum absolute atomic E-state index is 0.0243. The average Bonchev–Trinajstić information content (AvgIpc) is 2.79. The predicted octanol–water partition coefficient (Wildman–Crippen LogP) is 5.36. The van der Waals surface area contributed by atoms with Gasteiger partial charge in [0, 0.05) is 35.4 Å². The van der Waals surface area contributed by atoms with Crippen LogP contribution >= 0.6 is 11.6 Å². The zero-order chi connectivity index (χ0) is 20.6. The Hall–Kier alpha value is -2.60. The van der Waals surface area contributed by atoms with E-state index < -0.39 is 23.3 Å². The van der Waals surface area contributed by atoms with Gasteiger partial charge in [0.05, 0.1) is 6.04 Å². The van der Waals surface area contributed by atoms with Crippen molar-refractivity contribution in [1.82, 2.24) is 4.90 Å². The Kier molecular flexibility index (Phi) is 5.35. The number of hydrogen-bond acceptors (Lipinski definition) is 2. The fourth-order valence-electron chi connectivity index (χ4n) is 3.79. The van der Waals surface area contributed by atoms with E-state index in [9.17, 15) is 14.0 Å². The summed E-state index contributed by atoms with van der Waals surface area (Å²) in [7, 11) is 1.68. The van der Waals surface area contributed by atoms with E-state index >= 15 is 0 Å². The molecule has 1 fully saturated rings. The minimum atomic E-state index is -0.446. The molecule has 0 aliphatic carbocycles. The summed E-state index contributed by atoms with van der Waals surface area (Å²) in [6, 6.07) is 8.71. The molecule has 1 aliphatic heterocycles. The van der Waals surface area contributed by atoms with E-state index in [1.165, 1.54) is 12.1 Å². The topological polar surface area (TPSA) is 61.4 Å². The number of amides is 3. The number of carbonyl (C=O) groups excluding carboxylic acids is 2. The molecule has 7 heteroatoms. The highest BCUT2D eigenvalue weighted by molar-refractivity contribution is 6.30. The van der Waals surface area contributed by atoms with Crippen LogP contribution in [0.4, 0.5) is 20.6 Å². The van der Waals surface area contributed by atoms with Crippen LogP contribution in [0.1, 0.15) is 37.4 Å². The lowest BCUT2D eigenvalue weighted by Gasteiger charge is -2.31. The second-order valence-corrected chi connectivity index (χ2v) is 8.28. The Morgan fingerprint density at radius 3 is 2.54 bits per heavy atom. The van der Waals surface area contributed by atoms with Crippen molar-refractivity contribution in [1.29, 1.82) is 0 Å². The molecule has 1 atom stereocenters. The van der Waals surface area contributed by atoms with Gasteiger partial charge in [-0.1, -0.05) is 25.4 Å². The van der Waals surface area contributed by atoms with Crippen LogP contribution in [0.5, 0.6) is 0 Å². The number of likely N-dealkylation sites (tertiary alicyclic amines) is 1. The third-order valence-corrected chi connectivity index (χ3v) is 5.35.